The highest BCUT2D eigenvalue weighted by Crippen LogP contribution is 2.33. The zero-order valence-electron chi connectivity index (χ0n) is 11.8. The number of likely N-dealkylation sites (tertiary alicyclic amines) is 1. The molecule has 0 aromatic carbocycles. The standard InChI is InChI=1S/C14H24N2O3/c1-9(8-10(2)17)15-13(18)12-4-3-7-16(12)14(19)11-5-6-11/h9-12,17H,3-8H2,1-2H3,(H,15,18). The van der Waals surface area contributed by atoms with Crippen molar-refractivity contribution in [1.82, 2.24) is 10.2 Å². The van der Waals surface area contributed by atoms with Crippen LogP contribution < -0.4 is 5.32 Å². The monoisotopic (exact) mass is 268 g/mol. The molecule has 1 saturated carbocycles. The molecule has 0 spiro atoms. The lowest BCUT2D eigenvalue weighted by molar-refractivity contribution is -0.139. The van der Waals surface area contributed by atoms with Gasteiger partial charge in [0.1, 0.15) is 6.04 Å². The molecule has 2 rings (SSSR count). The van der Waals surface area contributed by atoms with Crippen molar-refractivity contribution in [2.45, 2.75) is 64.1 Å². The second kappa shape index (κ2) is 5.90. The van der Waals surface area contributed by atoms with Crippen LogP contribution in [0.3, 0.4) is 0 Å². The Kier molecular flexibility index (Phi) is 4.45. The zero-order chi connectivity index (χ0) is 14.0. The normalized spacial score (nSPS) is 26.1. The molecule has 2 aliphatic rings. The quantitative estimate of drug-likeness (QED) is 0.769. The van der Waals surface area contributed by atoms with Gasteiger partial charge in [0.15, 0.2) is 0 Å². The van der Waals surface area contributed by atoms with Crippen LogP contribution in [0.2, 0.25) is 0 Å². The van der Waals surface area contributed by atoms with Crippen molar-refractivity contribution in [1.29, 1.82) is 0 Å². The van der Waals surface area contributed by atoms with Gasteiger partial charge in [-0.25, -0.2) is 0 Å². The van der Waals surface area contributed by atoms with Crippen molar-refractivity contribution in [2.24, 2.45) is 5.92 Å². The fourth-order valence-corrected chi connectivity index (χ4v) is 2.78. The molecule has 1 saturated heterocycles. The predicted molar refractivity (Wildman–Crippen MR) is 71.4 cm³/mol. The molecule has 0 radical (unpaired) electrons. The first kappa shape index (κ1) is 14.3. The molecule has 3 unspecified atom stereocenters. The number of nitrogens with zero attached hydrogens (tertiary/aromatic N) is 1. The molecule has 0 bridgehead atoms. The number of hydrogen-bond acceptors (Lipinski definition) is 3. The number of rotatable bonds is 5. The van der Waals surface area contributed by atoms with Gasteiger partial charge in [-0.2, -0.15) is 0 Å². The summed E-state index contributed by atoms with van der Waals surface area (Å²) in [6.45, 7) is 4.30. The Morgan fingerprint density at radius 1 is 1.32 bits per heavy atom. The van der Waals surface area contributed by atoms with Gasteiger partial charge in [0.2, 0.25) is 11.8 Å². The number of nitrogens with one attached hydrogen (secondary N) is 1. The average Bonchev–Trinajstić information content (AvgIpc) is 3.03. The van der Waals surface area contributed by atoms with E-state index in [9.17, 15) is 14.7 Å². The molecule has 108 valence electrons. The highest BCUT2D eigenvalue weighted by molar-refractivity contribution is 5.90. The maximum absolute atomic E-state index is 12.2. The first-order chi connectivity index (χ1) is 8.99. The van der Waals surface area contributed by atoms with Crippen LogP contribution in [0.25, 0.3) is 0 Å². The molecule has 5 heteroatoms. The number of hydrogen-bond donors (Lipinski definition) is 2. The minimum absolute atomic E-state index is 0.0639. The molecule has 2 N–H and O–H groups in total. The van der Waals surface area contributed by atoms with Crippen LogP contribution in [-0.4, -0.2) is 46.6 Å². The van der Waals surface area contributed by atoms with Crippen LogP contribution in [0, 0.1) is 5.92 Å². The third-order valence-electron chi connectivity index (χ3n) is 3.85. The van der Waals surface area contributed by atoms with Gasteiger partial charge in [-0.15, -0.1) is 0 Å². The second-order valence-electron chi connectivity index (χ2n) is 5.96. The predicted octanol–water partition coefficient (Wildman–Crippen LogP) is 0.663. The van der Waals surface area contributed by atoms with Gasteiger partial charge >= 0.3 is 0 Å². The fourth-order valence-electron chi connectivity index (χ4n) is 2.78. The zero-order valence-corrected chi connectivity index (χ0v) is 11.8. The van der Waals surface area contributed by atoms with E-state index in [0.29, 0.717) is 13.0 Å². The van der Waals surface area contributed by atoms with E-state index in [-0.39, 0.29) is 29.8 Å². The SMILES string of the molecule is CC(O)CC(C)NC(=O)C1CCCN1C(=O)C1CC1. The number of aliphatic hydroxyl groups is 1. The molecule has 1 heterocycles. The summed E-state index contributed by atoms with van der Waals surface area (Å²) in [5.41, 5.74) is 0. The summed E-state index contributed by atoms with van der Waals surface area (Å²) in [6, 6.07) is -0.365. The summed E-state index contributed by atoms with van der Waals surface area (Å²) in [7, 11) is 0. The molecule has 2 amide bonds. The average molecular weight is 268 g/mol. The topological polar surface area (TPSA) is 69.6 Å². The maximum Gasteiger partial charge on any atom is 0.243 e. The first-order valence-electron chi connectivity index (χ1n) is 7.28. The molecule has 1 aliphatic carbocycles. The van der Waals surface area contributed by atoms with E-state index in [1.165, 1.54) is 0 Å². The third kappa shape index (κ3) is 3.69. The van der Waals surface area contributed by atoms with E-state index in [0.717, 1.165) is 25.7 Å². The van der Waals surface area contributed by atoms with Crippen molar-refractivity contribution in [3.05, 3.63) is 0 Å². The van der Waals surface area contributed by atoms with Gasteiger partial charge in [0.05, 0.1) is 6.10 Å². The molecular formula is C14H24N2O3. The van der Waals surface area contributed by atoms with Crippen molar-refractivity contribution in [2.75, 3.05) is 6.54 Å². The minimum Gasteiger partial charge on any atom is -0.393 e. The van der Waals surface area contributed by atoms with Gasteiger partial charge in [0, 0.05) is 18.5 Å². The van der Waals surface area contributed by atoms with Gasteiger partial charge in [0.25, 0.3) is 0 Å². The maximum atomic E-state index is 12.2. The van der Waals surface area contributed by atoms with E-state index >= 15 is 0 Å². The first-order valence-corrected chi connectivity index (χ1v) is 7.28. The van der Waals surface area contributed by atoms with Gasteiger partial charge < -0.3 is 15.3 Å². The smallest absolute Gasteiger partial charge is 0.243 e. The lowest BCUT2D eigenvalue weighted by Gasteiger charge is -2.26. The Morgan fingerprint density at radius 3 is 2.58 bits per heavy atom. The van der Waals surface area contributed by atoms with Gasteiger partial charge in [-0.05, 0) is 46.0 Å². The molecule has 0 aromatic heterocycles. The van der Waals surface area contributed by atoms with E-state index in [2.05, 4.69) is 5.32 Å². The van der Waals surface area contributed by atoms with E-state index in [4.69, 9.17) is 0 Å². The Bertz CT molecular complexity index is 353. The van der Waals surface area contributed by atoms with Crippen LogP contribution in [-0.2, 0) is 9.59 Å². The highest BCUT2D eigenvalue weighted by Gasteiger charge is 2.40. The fraction of sp³-hybridized carbons (Fsp3) is 0.857. The van der Waals surface area contributed by atoms with Gasteiger partial charge in [-0.3, -0.25) is 9.59 Å². The summed E-state index contributed by atoms with van der Waals surface area (Å²) in [5.74, 6) is 0.253. The van der Waals surface area contributed by atoms with Crippen molar-refractivity contribution < 1.29 is 14.7 Å². The van der Waals surface area contributed by atoms with Crippen LogP contribution in [0.5, 0.6) is 0 Å². The summed E-state index contributed by atoms with van der Waals surface area (Å²) in [4.78, 5) is 26.1. The third-order valence-corrected chi connectivity index (χ3v) is 3.85. The minimum atomic E-state index is -0.428. The van der Waals surface area contributed by atoms with E-state index in [1.54, 1.807) is 11.8 Å². The summed E-state index contributed by atoms with van der Waals surface area (Å²) < 4.78 is 0. The number of carbonyl (C=O) groups is 2. The van der Waals surface area contributed by atoms with Crippen molar-refractivity contribution in [3.63, 3.8) is 0 Å². The number of aliphatic hydroxyl groups excluding tert-OH is 1. The molecule has 3 atom stereocenters. The molecule has 1 aliphatic heterocycles. The summed E-state index contributed by atoms with van der Waals surface area (Å²) >= 11 is 0. The molecule has 19 heavy (non-hydrogen) atoms. The summed E-state index contributed by atoms with van der Waals surface area (Å²) in [6.07, 6.45) is 3.72. The van der Waals surface area contributed by atoms with E-state index < -0.39 is 6.10 Å². The summed E-state index contributed by atoms with van der Waals surface area (Å²) in [5, 5.41) is 12.2. The molecule has 2 fully saturated rings. The largest absolute Gasteiger partial charge is 0.393 e. The Morgan fingerprint density at radius 2 is 2.00 bits per heavy atom. The Hall–Kier alpha value is -1.10. The van der Waals surface area contributed by atoms with Crippen LogP contribution >= 0.6 is 0 Å². The molecule has 0 aromatic rings. The lowest BCUT2D eigenvalue weighted by atomic mass is 10.1. The van der Waals surface area contributed by atoms with Gasteiger partial charge in [-0.1, -0.05) is 0 Å². The number of amides is 2. The van der Waals surface area contributed by atoms with Crippen LogP contribution in [0.15, 0.2) is 0 Å². The second-order valence-corrected chi connectivity index (χ2v) is 5.96. The van der Waals surface area contributed by atoms with Crippen molar-refractivity contribution >= 4 is 11.8 Å². The van der Waals surface area contributed by atoms with Crippen LogP contribution in [0.1, 0.15) is 46.0 Å². The molecular weight excluding hydrogens is 244 g/mol. The Balaban J connectivity index is 1.88. The van der Waals surface area contributed by atoms with Crippen LogP contribution in [0.4, 0.5) is 0 Å². The van der Waals surface area contributed by atoms with Crippen molar-refractivity contribution in [3.8, 4) is 0 Å². The van der Waals surface area contributed by atoms with E-state index in [1.807, 2.05) is 6.92 Å². The molecule has 5 nitrogen and oxygen atoms in total. The Labute approximate surface area is 114 Å². The number of carbonyl (C=O) groups excluding carboxylic acids is 2. The lowest BCUT2D eigenvalue weighted by Crippen LogP contribution is -2.49. The highest BCUT2D eigenvalue weighted by atomic mass is 16.3.